The summed E-state index contributed by atoms with van der Waals surface area (Å²) >= 11 is -3.57. The van der Waals surface area contributed by atoms with E-state index in [9.17, 15) is 0 Å². The zero-order chi connectivity index (χ0) is 52.5. The molecule has 1 saturated heterocycles. The van der Waals surface area contributed by atoms with Gasteiger partial charge in [0.05, 0.1) is 41.4 Å². The molecule has 4 fully saturated rings. The maximum absolute atomic E-state index is 5.87. The summed E-state index contributed by atoms with van der Waals surface area (Å²) < 4.78 is 9.47. The van der Waals surface area contributed by atoms with Gasteiger partial charge in [-0.1, -0.05) is 54.7 Å². The van der Waals surface area contributed by atoms with Crippen molar-refractivity contribution in [2.75, 3.05) is 22.9 Å². The van der Waals surface area contributed by atoms with Gasteiger partial charge in [-0.3, -0.25) is 0 Å². The number of hydrogen-bond donors (Lipinski definition) is 0. The molecule has 72 heavy (non-hydrogen) atoms. The Kier molecular flexibility index (Phi) is 26.5. The van der Waals surface area contributed by atoms with E-state index in [1.165, 1.54) is 61.7 Å². The van der Waals surface area contributed by atoms with E-state index in [1.54, 1.807) is 96.3 Å². The van der Waals surface area contributed by atoms with Gasteiger partial charge < -0.3 is 0 Å². The molecule has 0 aromatic heterocycles. The van der Waals surface area contributed by atoms with E-state index in [0.29, 0.717) is 0 Å². The fourth-order valence-electron chi connectivity index (χ4n) is 11.7. The Morgan fingerprint density at radius 2 is 0.806 bits per heavy atom. The molecular formula is C61H89Cl4N2O2PRu2+2. The number of anilines is 2. The van der Waals surface area contributed by atoms with Crippen LogP contribution in [0.3, 0.4) is 0 Å². The standard InChI is InChI=1S/C21H27N2.C18H33P.2C11H14O.4ClH.2Ru/c1-14-9-16(3)20(17(4)10-14)22-7-8-23(13-22)21-18(5)11-15(2)12-19(21)6;1-4-10-16(11-5-1)19(17-12-6-2-7-13-17)18-14-8-3-9-15-18;2*1-9(2)12(4)11-8-6-5-7-10(11)3;;;;;;/h9-13H,7-8H2,1-6H3;16-18H,1-15H2;2*3,5-9H,4H2,1-2H3;4*1H;;/q+1;;;;;;;;2*+2/p-3. The number of para-hydroxylation sites is 2. The van der Waals surface area contributed by atoms with Crippen molar-refractivity contribution >= 4 is 67.3 Å². The zero-order valence-corrected chi connectivity index (χ0v) is 52.9. The maximum atomic E-state index is 5.87. The van der Waals surface area contributed by atoms with Crippen LogP contribution >= 0.6 is 46.7 Å². The van der Waals surface area contributed by atoms with Gasteiger partial charge in [0, 0.05) is 7.92 Å². The van der Waals surface area contributed by atoms with Crippen LogP contribution in [0.15, 0.2) is 72.8 Å². The van der Waals surface area contributed by atoms with Crippen molar-refractivity contribution in [3.8, 4) is 11.5 Å². The van der Waals surface area contributed by atoms with Crippen molar-refractivity contribution in [3.05, 3.63) is 138 Å². The summed E-state index contributed by atoms with van der Waals surface area (Å²) in [7, 11) is 31.3. The first-order valence-electron chi connectivity index (χ1n) is 26.7. The Morgan fingerprint density at radius 1 is 0.514 bits per heavy atom. The van der Waals surface area contributed by atoms with E-state index in [1.807, 2.05) is 57.7 Å². The Bertz CT molecular complexity index is 2130. The van der Waals surface area contributed by atoms with Crippen molar-refractivity contribution in [2.24, 2.45) is 0 Å². The van der Waals surface area contributed by atoms with Crippen molar-refractivity contribution in [2.45, 2.75) is 195 Å². The Morgan fingerprint density at radius 3 is 1.08 bits per heavy atom. The van der Waals surface area contributed by atoms with Gasteiger partial charge in [-0.2, -0.15) is 9.80 Å². The van der Waals surface area contributed by atoms with E-state index in [4.69, 9.17) is 38.8 Å². The summed E-state index contributed by atoms with van der Waals surface area (Å²) in [6.07, 6.45) is 24.3. The van der Waals surface area contributed by atoms with Crippen LogP contribution in [0.2, 0.25) is 0 Å². The molecule has 4 aromatic carbocycles. The molecule has 0 spiro atoms. The summed E-state index contributed by atoms with van der Waals surface area (Å²) in [5, 5.41) is 0. The van der Waals surface area contributed by atoms with Crippen LogP contribution in [0, 0.1) is 62.4 Å². The fraction of sp³-hybridized carbons (Fsp3) is 0.525. The summed E-state index contributed by atoms with van der Waals surface area (Å²) in [6, 6.07) is 25.0. The Labute approximate surface area is 466 Å². The van der Waals surface area contributed by atoms with Crippen LogP contribution in [0.5, 0.6) is 11.5 Å². The molecule has 0 N–H and O–H groups in total. The molecule has 4 nitrogen and oxygen atoms in total. The molecule has 402 valence electrons. The van der Waals surface area contributed by atoms with Gasteiger partial charge in [0.25, 0.3) is 6.67 Å². The first-order valence-corrected chi connectivity index (χ1v) is 39.4. The van der Waals surface area contributed by atoms with Crippen LogP contribution in [0.4, 0.5) is 11.4 Å². The van der Waals surface area contributed by atoms with Crippen molar-refractivity contribution < 1.29 is 35.8 Å². The Hall–Kier alpha value is -1.47. The fourth-order valence-corrected chi connectivity index (χ4v) is 20.5. The summed E-state index contributed by atoms with van der Waals surface area (Å²) in [5.41, 5.74) is 16.6. The predicted octanol–water partition coefficient (Wildman–Crippen LogP) is 19.6. The quantitative estimate of drug-likeness (QED) is 0.0642. The normalized spacial score (nSPS) is 17.0. The van der Waals surface area contributed by atoms with E-state index in [2.05, 4.69) is 133 Å². The van der Waals surface area contributed by atoms with Gasteiger partial charge in [0.2, 0.25) is 0 Å². The minimum atomic E-state index is -1.79. The van der Waals surface area contributed by atoms with Crippen LogP contribution < -0.4 is 9.80 Å². The molecule has 4 aromatic rings. The van der Waals surface area contributed by atoms with E-state index >= 15 is 0 Å². The Balaban J connectivity index is 0.000000181. The molecule has 0 atom stereocenters. The topological polar surface area (TPSA) is 11.9 Å². The number of halogens is 4. The molecule has 1 heterocycles. The minimum absolute atomic E-state index is 0.0465. The van der Waals surface area contributed by atoms with Gasteiger partial charge >= 0.3 is 209 Å². The van der Waals surface area contributed by atoms with E-state index in [0.717, 1.165) is 35.7 Å². The van der Waals surface area contributed by atoms with Crippen LogP contribution in [-0.4, -0.2) is 51.5 Å². The first kappa shape index (κ1) is 61.4. The van der Waals surface area contributed by atoms with Crippen molar-refractivity contribution in [3.63, 3.8) is 0 Å². The molecule has 3 aliphatic carbocycles. The summed E-state index contributed by atoms with van der Waals surface area (Å²) in [6.45, 7) is 25.8. The summed E-state index contributed by atoms with van der Waals surface area (Å²) in [4.78, 5) is 4.81. The number of aryl methyl sites for hydroxylation is 6. The van der Waals surface area contributed by atoms with Crippen LogP contribution in [0.25, 0.3) is 0 Å². The monoisotopic (exact) mass is 1260 g/mol. The molecule has 1 aliphatic heterocycles. The van der Waals surface area contributed by atoms with Crippen molar-refractivity contribution in [1.29, 1.82) is 0 Å². The molecule has 0 amide bonds. The van der Waals surface area contributed by atoms with E-state index in [-0.39, 0.29) is 20.1 Å². The van der Waals surface area contributed by atoms with Gasteiger partial charge in [0.1, 0.15) is 0 Å². The average Bonchev–Trinajstić information content (AvgIpc) is 3.81. The molecule has 0 bridgehead atoms. The van der Waals surface area contributed by atoms with Crippen molar-refractivity contribution in [1.82, 2.24) is 0 Å². The van der Waals surface area contributed by atoms with E-state index < -0.39 is 27.0 Å². The zero-order valence-electron chi connectivity index (χ0n) is 45.4. The molecule has 0 radical (unpaired) electrons. The van der Waals surface area contributed by atoms with Gasteiger partial charge in [-0.05, 0) is 141 Å². The SMILES string of the molecule is C1CCC([PH+](C2CCCCC2)C2CCCCC2)CC1.Cc1cc(C)c(N2[CH+]N(c3c(C)cc(C)cc3C)CC2)c(C)c1.[CH2-][O+](c1ccccc1[CH]=[Ru]([Cl])[Cl])C(C)C.[CH2-][O+](c1ccccc1[CH]=[Ru]([Cl])[Cl])C(C)C. The predicted molar refractivity (Wildman–Crippen MR) is 318 cm³/mol. The molecule has 4 aliphatic rings. The molecule has 0 unspecified atom stereocenters. The number of rotatable bonds is 11. The average molecular weight is 1260 g/mol. The molecule has 3 saturated carbocycles. The summed E-state index contributed by atoms with van der Waals surface area (Å²) in [5.74, 6) is 1.99. The van der Waals surface area contributed by atoms with Gasteiger partial charge in [-0.25, -0.2) is 0 Å². The second-order valence-electron chi connectivity index (χ2n) is 21.1. The number of benzene rings is 4. The first-order chi connectivity index (χ1) is 34.4. The molecular weight excluding hydrogens is 1170 g/mol. The third-order valence-corrected chi connectivity index (χ3v) is 23.1. The van der Waals surface area contributed by atoms with Crippen LogP contribution in [0.1, 0.15) is 169 Å². The number of nitrogens with zero attached hydrogens (tertiary/aromatic N) is 2. The third kappa shape index (κ3) is 18.6. The molecule has 8 rings (SSSR count). The second kappa shape index (κ2) is 31.1. The molecule has 11 heteroatoms. The second-order valence-corrected chi connectivity index (χ2v) is 36.0. The van der Waals surface area contributed by atoms with Gasteiger partial charge in [0.15, 0.2) is 0 Å². The number of hydrogen-bond acceptors (Lipinski definition) is 2. The van der Waals surface area contributed by atoms with Gasteiger partial charge in [-0.15, -0.1) is 0 Å². The third-order valence-electron chi connectivity index (χ3n) is 14.9. The van der Waals surface area contributed by atoms with Crippen LogP contribution in [-0.2, 0) is 35.8 Å².